The Morgan fingerprint density at radius 2 is 2.00 bits per heavy atom. The summed E-state index contributed by atoms with van der Waals surface area (Å²) in [6.45, 7) is 1.62. The lowest BCUT2D eigenvalue weighted by atomic mass is 9.88. The summed E-state index contributed by atoms with van der Waals surface area (Å²) in [5.74, 6) is 2.44. The molecular weight excluding hydrogens is 456 g/mol. The van der Waals surface area contributed by atoms with Gasteiger partial charge in [-0.25, -0.2) is 0 Å². The van der Waals surface area contributed by atoms with Crippen molar-refractivity contribution in [3.05, 3.63) is 83.2 Å². The minimum Gasteiger partial charge on any atom is -0.496 e. The maximum absolute atomic E-state index is 13.4. The van der Waals surface area contributed by atoms with E-state index in [4.69, 9.17) is 19.2 Å². The minimum absolute atomic E-state index is 0.0843. The predicted octanol–water partition coefficient (Wildman–Crippen LogP) is 3.82. The first-order chi connectivity index (χ1) is 17.6. The van der Waals surface area contributed by atoms with Crippen LogP contribution in [0.15, 0.2) is 60.8 Å². The van der Waals surface area contributed by atoms with Crippen molar-refractivity contribution < 1.29 is 24.1 Å². The number of aromatic nitrogens is 1. The van der Waals surface area contributed by atoms with Crippen molar-refractivity contribution in [2.24, 2.45) is 0 Å². The van der Waals surface area contributed by atoms with Crippen LogP contribution >= 0.6 is 0 Å². The van der Waals surface area contributed by atoms with Crippen LogP contribution in [0.5, 0.6) is 17.2 Å². The molecule has 3 aromatic rings. The molecule has 0 radical (unpaired) electrons. The van der Waals surface area contributed by atoms with Gasteiger partial charge in [-0.15, -0.1) is 0 Å². The molecule has 2 atom stereocenters. The molecule has 1 aliphatic carbocycles. The first-order valence-corrected chi connectivity index (χ1v) is 12.5. The number of carbonyl (C=O) groups is 1. The van der Waals surface area contributed by atoms with Crippen LogP contribution < -0.4 is 14.2 Å². The Balaban J connectivity index is 1.23. The Hall–Kier alpha value is -3.42. The maximum Gasteiger partial charge on any atom is 0.231 e. The second kappa shape index (κ2) is 9.22. The molecular formula is C29H30N2O5. The van der Waals surface area contributed by atoms with Crippen LogP contribution in [0.25, 0.3) is 0 Å². The number of aliphatic hydroxyl groups is 1. The van der Waals surface area contributed by atoms with Gasteiger partial charge in [0.2, 0.25) is 6.79 Å². The number of β-amino-alcohol motifs (C(OH)–C–C–N with tert-alkyl or cyclic N) is 1. The summed E-state index contributed by atoms with van der Waals surface area (Å²) in [6, 6.07) is 17.7. The van der Waals surface area contributed by atoms with Gasteiger partial charge in [0, 0.05) is 37.0 Å². The molecule has 3 heterocycles. The number of methoxy groups -OCH3 is 1. The lowest BCUT2D eigenvalue weighted by Crippen LogP contribution is -2.29. The Kier molecular flexibility index (Phi) is 5.90. The average Bonchev–Trinajstić information content (AvgIpc) is 3.40. The van der Waals surface area contributed by atoms with Gasteiger partial charge in [-0.3, -0.25) is 14.7 Å². The van der Waals surface area contributed by atoms with Crippen LogP contribution in [0.3, 0.4) is 0 Å². The quantitative estimate of drug-likeness (QED) is 0.518. The second-order valence-electron chi connectivity index (χ2n) is 9.91. The van der Waals surface area contributed by atoms with E-state index in [1.165, 1.54) is 0 Å². The molecule has 2 aliphatic heterocycles. The summed E-state index contributed by atoms with van der Waals surface area (Å²) >= 11 is 0. The molecule has 2 aromatic carbocycles. The number of benzene rings is 2. The van der Waals surface area contributed by atoms with E-state index >= 15 is 0 Å². The molecule has 186 valence electrons. The van der Waals surface area contributed by atoms with E-state index in [1.54, 1.807) is 7.11 Å². The summed E-state index contributed by atoms with van der Waals surface area (Å²) in [5, 5.41) is 10.2. The molecule has 1 N–H and O–H groups in total. The highest BCUT2D eigenvalue weighted by molar-refractivity contribution is 5.94. The van der Waals surface area contributed by atoms with E-state index in [0.717, 1.165) is 59.7 Å². The Labute approximate surface area is 210 Å². The van der Waals surface area contributed by atoms with Crippen molar-refractivity contribution in [1.29, 1.82) is 0 Å². The van der Waals surface area contributed by atoms with E-state index < -0.39 is 5.41 Å². The van der Waals surface area contributed by atoms with Gasteiger partial charge in [0.25, 0.3) is 0 Å². The number of para-hydroxylation sites is 1. The van der Waals surface area contributed by atoms with Crippen molar-refractivity contribution >= 4 is 5.78 Å². The number of Topliss-reactive ketones (excluding diaryl/α,β-unsaturated/α-hetero) is 1. The highest BCUT2D eigenvalue weighted by Crippen LogP contribution is 2.51. The number of ether oxygens (including phenoxy) is 3. The van der Waals surface area contributed by atoms with Crippen LogP contribution in [0.2, 0.25) is 0 Å². The third-order valence-electron chi connectivity index (χ3n) is 7.71. The van der Waals surface area contributed by atoms with E-state index in [1.807, 2.05) is 48.7 Å². The molecule has 7 heteroatoms. The largest absolute Gasteiger partial charge is 0.496 e. The topological polar surface area (TPSA) is 81.1 Å². The molecule has 2 fully saturated rings. The highest BCUT2D eigenvalue weighted by atomic mass is 16.7. The second-order valence-corrected chi connectivity index (χ2v) is 9.91. The van der Waals surface area contributed by atoms with Gasteiger partial charge in [0.1, 0.15) is 11.5 Å². The monoisotopic (exact) mass is 486 g/mol. The Bertz CT molecular complexity index is 1270. The van der Waals surface area contributed by atoms with Gasteiger partial charge in [0.15, 0.2) is 11.5 Å². The van der Waals surface area contributed by atoms with Crippen molar-refractivity contribution in [2.45, 2.75) is 43.2 Å². The lowest BCUT2D eigenvalue weighted by Gasteiger charge is -2.29. The van der Waals surface area contributed by atoms with Crippen molar-refractivity contribution in [1.82, 2.24) is 9.88 Å². The van der Waals surface area contributed by atoms with E-state index in [2.05, 4.69) is 17.0 Å². The summed E-state index contributed by atoms with van der Waals surface area (Å²) < 4.78 is 16.6. The fourth-order valence-corrected chi connectivity index (χ4v) is 5.57. The zero-order valence-electron chi connectivity index (χ0n) is 20.4. The van der Waals surface area contributed by atoms with Gasteiger partial charge < -0.3 is 19.3 Å². The number of hydrogen-bond donors (Lipinski definition) is 1. The maximum atomic E-state index is 13.4. The first-order valence-electron chi connectivity index (χ1n) is 12.5. The van der Waals surface area contributed by atoms with E-state index in [0.29, 0.717) is 12.3 Å². The van der Waals surface area contributed by atoms with Crippen LogP contribution in [0, 0.1) is 0 Å². The zero-order chi connectivity index (χ0) is 24.7. The molecule has 0 spiro atoms. The number of rotatable bonds is 8. The van der Waals surface area contributed by atoms with Crippen LogP contribution in [0.1, 0.15) is 47.7 Å². The zero-order valence-corrected chi connectivity index (χ0v) is 20.4. The van der Waals surface area contributed by atoms with Gasteiger partial charge in [-0.05, 0) is 54.7 Å². The van der Waals surface area contributed by atoms with Gasteiger partial charge >= 0.3 is 0 Å². The van der Waals surface area contributed by atoms with Crippen molar-refractivity contribution in [3.63, 3.8) is 0 Å². The van der Waals surface area contributed by atoms with E-state index in [9.17, 15) is 9.90 Å². The fraction of sp³-hybridized carbons (Fsp3) is 0.379. The average molecular weight is 487 g/mol. The highest BCUT2D eigenvalue weighted by Gasteiger charge is 2.51. The number of hydrogen-bond acceptors (Lipinski definition) is 7. The number of carbonyl (C=O) groups excluding carboxylic acids is 1. The third-order valence-corrected chi connectivity index (χ3v) is 7.71. The summed E-state index contributed by atoms with van der Waals surface area (Å²) in [5.41, 5.74) is 3.36. The van der Waals surface area contributed by atoms with Crippen LogP contribution in [-0.4, -0.2) is 53.9 Å². The van der Waals surface area contributed by atoms with Crippen LogP contribution in [0.4, 0.5) is 0 Å². The van der Waals surface area contributed by atoms with E-state index in [-0.39, 0.29) is 31.1 Å². The fourth-order valence-electron chi connectivity index (χ4n) is 5.57. The number of pyridine rings is 1. The number of ketones is 1. The Morgan fingerprint density at radius 3 is 2.72 bits per heavy atom. The van der Waals surface area contributed by atoms with Crippen molar-refractivity contribution in [3.8, 4) is 17.2 Å². The molecule has 7 nitrogen and oxygen atoms in total. The number of aliphatic hydroxyl groups excluding tert-OH is 1. The molecule has 0 amide bonds. The smallest absolute Gasteiger partial charge is 0.231 e. The normalized spacial score (nSPS) is 20.8. The molecule has 1 aromatic heterocycles. The molecule has 2 unspecified atom stereocenters. The molecule has 6 rings (SSSR count). The molecule has 1 saturated carbocycles. The first kappa shape index (κ1) is 23.0. The summed E-state index contributed by atoms with van der Waals surface area (Å²) in [6.07, 6.45) is 4.25. The molecule has 0 bridgehead atoms. The number of nitrogens with zero attached hydrogens (tertiary/aromatic N) is 2. The van der Waals surface area contributed by atoms with Crippen LogP contribution in [-0.2, 0) is 16.6 Å². The predicted molar refractivity (Wildman–Crippen MR) is 133 cm³/mol. The number of likely N-dealkylation sites (tertiary alicyclic amines) is 1. The standard InChI is InChI=1S/C29H30N2O5/c1-34-24-5-3-2-4-23(24)28(31-13-10-22(32)17-31)19-6-8-21(30-16-19)15-27(33)29(11-12-29)20-7-9-25-26(14-20)36-18-35-25/h2-9,14,16,22,28,32H,10-13,15,17-18H2,1H3. The summed E-state index contributed by atoms with van der Waals surface area (Å²) in [4.78, 5) is 20.4. The molecule has 36 heavy (non-hydrogen) atoms. The third kappa shape index (κ3) is 4.12. The summed E-state index contributed by atoms with van der Waals surface area (Å²) in [7, 11) is 1.68. The lowest BCUT2D eigenvalue weighted by molar-refractivity contribution is -0.120. The van der Waals surface area contributed by atoms with Gasteiger partial charge in [-0.2, -0.15) is 0 Å². The molecule has 1 saturated heterocycles. The number of fused-ring (bicyclic) bond motifs is 1. The Morgan fingerprint density at radius 1 is 1.17 bits per heavy atom. The SMILES string of the molecule is COc1ccccc1C(c1ccc(CC(=O)C2(c3ccc4c(c3)OCO4)CC2)nc1)N1CCC(O)C1. The van der Waals surface area contributed by atoms with Gasteiger partial charge in [-0.1, -0.05) is 30.3 Å². The van der Waals surface area contributed by atoms with Gasteiger partial charge in [0.05, 0.1) is 24.7 Å². The minimum atomic E-state index is -0.451. The van der Waals surface area contributed by atoms with Crippen molar-refractivity contribution in [2.75, 3.05) is 27.0 Å². The molecule has 3 aliphatic rings.